The number of hydrogen-bond donors (Lipinski definition) is 2. The van der Waals surface area contributed by atoms with Gasteiger partial charge in [0.2, 0.25) is 0 Å². The molecule has 0 unspecified atom stereocenters. The van der Waals surface area contributed by atoms with Gasteiger partial charge in [0.1, 0.15) is 0 Å². The standard InChI is InChI=1S/C37H33N3O4S/c1-21-35(45-22(2)38-21)31-17-13-26-18-27(14-16-30(26)39-31)34-33(24-6-4-3-5-7-24)29-15-12-28(37(43)44)19-32(29)40(34)20-23-8-10-25(11-9-23)36(41)42/h8-19,24H,3-7,20H2,1-2H3,(H,41,42)(H,43,44). The average Bonchev–Trinajstić information content (AvgIpc) is 3.56. The molecule has 3 aromatic carbocycles. The van der Waals surface area contributed by atoms with Crippen LogP contribution in [0.1, 0.15) is 80.6 Å². The van der Waals surface area contributed by atoms with Crippen LogP contribution < -0.4 is 0 Å². The Morgan fingerprint density at radius 1 is 0.844 bits per heavy atom. The maximum absolute atomic E-state index is 12.1. The molecule has 45 heavy (non-hydrogen) atoms. The van der Waals surface area contributed by atoms with Crippen LogP contribution in [0.2, 0.25) is 0 Å². The van der Waals surface area contributed by atoms with Crippen LogP contribution in [0.5, 0.6) is 0 Å². The number of fused-ring (bicyclic) bond motifs is 2. The van der Waals surface area contributed by atoms with Crippen molar-refractivity contribution in [1.29, 1.82) is 0 Å². The lowest BCUT2D eigenvalue weighted by Crippen LogP contribution is -2.08. The molecule has 1 saturated carbocycles. The minimum Gasteiger partial charge on any atom is -0.478 e. The van der Waals surface area contributed by atoms with E-state index in [1.807, 2.05) is 32.0 Å². The largest absolute Gasteiger partial charge is 0.478 e. The molecular weight excluding hydrogens is 582 g/mol. The zero-order valence-corrected chi connectivity index (χ0v) is 26.0. The summed E-state index contributed by atoms with van der Waals surface area (Å²) in [5.74, 6) is -1.57. The highest BCUT2D eigenvalue weighted by atomic mass is 32.1. The third-order valence-corrected chi connectivity index (χ3v) is 10.1. The summed E-state index contributed by atoms with van der Waals surface area (Å²) in [5.41, 5.74) is 8.50. The first kappa shape index (κ1) is 28.9. The molecule has 6 aromatic rings. The average molecular weight is 616 g/mol. The fourth-order valence-electron chi connectivity index (χ4n) is 6.89. The van der Waals surface area contributed by atoms with Gasteiger partial charge in [0, 0.05) is 22.8 Å². The molecule has 3 aromatic heterocycles. The SMILES string of the molecule is Cc1nc(C)c(-c2ccc3cc(-c4c(C5CCCCC5)c5ccc(C(=O)O)cc5n4Cc4ccc(C(=O)O)cc4)ccc3n2)s1. The quantitative estimate of drug-likeness (QED) is 0.186. The molecule has 1 aliphatic carbocycles. The van der Waals surface area contributed by atoms with Gasteiger partial charge in [-0.15, -0.1) is 11.3 Å². The number of nitrogens with zero attached hydrogens (tertiary/aromatic N) is 3. The van der Waals surface area contributed by atoms with E-state index in [1.165, 1.54) is 24.8 Å². The van der Waals surface area contributed by atoms with E-state index in [0.717, 1.165) is 72.7 Å². The molecule has 0 bridgehead atoms. The molecule has 0 saturated heterocycles. The van der Waals surface area contributed by atoms with Gasteiger partial charge < -0.3 is 14.8 Å². The number of thiazole rings is 1. The Kier molecular flexibility index (Phi) is 7.45. The highest BCUT2D eigenvalue weighted by Gasteiger charge is 2.27. The third-order valence-electron chi connectivity index (χ3n) is 9.00. The molecule has 0 aliphatic heterocycles. The fraction of sp³-hybridized carbons (Fsp3) is 0.243. The van der Waals surface area contributed by atoms with E-state index < -0.39 is 11.9 Å². The van der Waals surface area contributed by atoms with Crippen LogP contribution in [-0.2, 0) is 6.54 Å². The summed E-state index contributed by atoms with van der Waals surface area (Å²) < 4.78 is 2.23. The normalized spacial score (nSPS) is 13.9. The lowest BCUT2D eigenvalue weighted by molar-refractivity contribution is 0.0686. The van der Waals surface area contributed by atoms with Crippen LogP contribution in [0, 0.1) is 13.8 Å². The summed E-state index contributed by atoms with van der Waals surface area (Å²) >= 11 is 1.65. The van der Waals surface area contributed by atoms with Gasteiger partial charge in [-0.1, -0.05) is 49.6 Å². The van der Waals surface area contributed by atoms with Gasteiger partial charge in [0.25, 0.3) is 0 Å². The van der Waals surface area contributed by atoms with Crippen LogP contribution in [-0.4, -0.2) is 36.7 Å². The molecule has 0 amide bonds. The lowest BCUT2D eigenvalue weighted by Gasteiger charge is -2.24. The van der Waals surface area contributed by atoms with E-state index in [4.69, 9.17) is 4.98 Å². The number of aryl methyl sites for hydroxylation is 2. The molecule has 2 N–H and O–H groups in total. The topological polar surface area (TPSA) is 105 Å². The molecule has 0 spiro atoms. The van der Waals surface area contributed by atoms with Gasteiger partial charge in [-0.25, -0.2) is 19.6 Å². The number of carbonyl (C=O) groups is 2. The van der Waals surface area contributed by atoms with Gasteiger partial charge in [0.05, 0.1) is 43.6 Å². The van der Waals surface area contributed by atoms with Crippen molar-refractivity contribution < 1.29 is 19.8 Å². The predicted octanol–water partition coefficient (Wildman–Crippen LogP) is 9.09. The van der Waals surface area contributed by atoms with Crippen molar-refractivity contribution in [2.45, 2.75) is 58.4 Å². The lowest BCUT2D eigenvalue weighted by atomic mass is 9.81. The summed E-state index contributed by atoms with van der Waals surface area (Å²) in [5, 5.41) is 22.5. The highest BCUT2D eigenvalue weighted by molar-refractivity contribution is 7.15. The number of benzene rings is 3. The van der Waals surface area contributed by atoms with Crippen molar-refractivity contribution >= 4 is 45.1 Å². The first-order chi connectivity index (χ1) is 21.8. The molecule has 226 valence electrons. The Labute approximate surface area is 264 Å². The molecule has 0 radical (unpaired) electrons. The summed E-state index contributed by atoms with van der Waals surface area (Å²) in [6.07, 6.45) is 5.74. The number of pyridine rings is 1. The van der Waals surface area contributed by atoms with Gasteiger partial charge in [0.15, 0.2) is 0 Å². The minimum absolute atomic E-state index is 0.234. The monoisotopic (exact) mass is 615 g/mol. The molecule has 1 aliphatic rings. The van der Waals surface area contributed by atoms with E-state index in [0.29, 0.717) is 12.5 Å². The van der Waals surface area contributed by atoms with E-state index in [2.05, 4.69) is 39.9 Å². The van der Waals surface area contributed by atoms with Crippen LogP contribution in [0.25, 0.3) is 43.6 Å². The number of carboxylic acids is 2. The molecule has 3 heterocycles. The second-order valence-corrected chi connectivity index (χ2v) is 13.2. The number of carboxylic acid groups (broad SMARTS) is 2. The van der Waals surface area contributed by atoms with Crippen LogP contribution >= 0.6 is 11.3 Å². The number of aromatic carboxylic acids is 2. The summed E-state index contributed by atoms with van der Waals surface area (Å²) in [4.78, 5) is 34.3. The smallest absolute Gasteiger partial charge is 0.335 e. The first-order valence-corrected chi connectivity index (χ1v) is 16.2. The third kappa shape index (κ3) is 5.40. The Hall–Kier alpha value is -4.82. The van der Waals surface area contributed by atoms with Crippen LogP contribution in [0.15, 0.2) is 72.8 Å². The highest BCUT2D eigenvalue weighted by Crippen LogP contribution is 2.45. The molecule has 1 fully saturated rings. The summed E-state index contributed by atoms with van der Waals surface area (Å²) in [6.45, 7) is 4.50. The van der Waals surface area contributed by atoms with Crippen LogP contribution in [0.4, 0.5) is 0 Å². The first-order valence-electron chi connectivity index (χ1n) is 15.3. The Balaban J connectivity index is 1.44. The number of aromatic nitrogens is 3. The maximum Gasteiger partial charge on any atom is 0.335 e. The van der Waals surface area contributed by atoms with Gasteiger partial charge >= 0.3 is 11.9 Å². The van der Waals surface area contributed by atoms with Gasteiger partial charge in [-0.2, -0.15) is 0 Å². The molecule has 7 rings (SSSR count). The van der Waals surface area contributed by atoms with Crippen molar-refractivity contribution in [3.63, 3.8) is 0 Å². The maximum atomic E-state index is 12.1. The van der Waals surface area contributed by atoms with E-state index in [-0.39, 0.29) is 11.1 Å². The van der Waals surface area contributed by atoms with Crippen molar-refractivity contribution in [2.75, 3.05) is 0 Å². The summed E-state index contributed by atoms with van der Waals surface area (Å²) in [6, 6.07) is 23.0. The van der Waals surface area contributed by atoms with E-state index >= 15 is 0 Å². The van der Waals surface area contributed by atoms with Crippen LogP contribution in [0.3, 0.4) is 0 Å². The zero-order chi connectivity index (χ0) is 31.2. The van der Waals surface area contributed by atoms with Crippen molar-refractivity contribution in [3.8, 4) is 21.8 Å². The van der Waals surface area contributed by atoms with Gasteiger partial charge in [-0.05, 0) is 91.8 Å². The second kappa shape index (κ2) is 11.6. The van der Waals surface area contributed by atoms with Crippen molar-refractivity contribution in [1.82, 2.24) is 14.5 Å². The number of rotatable bonds is 7. The Morgan fingerprint density at radius 3 is 2.27 bits per heavy atom. The predicted molar refractivity (Wildman–Crippen MR) is 179 cm³/mol. The molecule has 7 nitrogen and oxygen atoms in total. The van der Waals surface area contributed by atoms with Crippen molar-refractivity contribution in [3.05, 3.63) is 106 Å². The summed E-state index contributed by atoms with van der Waals surface area (Å²) in [7, 11) is 0. The molecule has 0 atom stereocenters. The Bertz CT molecular complexity index is 2100. The molecular formula is C37H33N3O4S. The van der Waals surface area contributed by atoms with Crippen molar-refractivity contribution in [2.24, 2.45) is 0 Å². The zero-order valence-electron chi connectivity index (χ0n) is 25.2. The minimum atomic E-state index is -0.965. The van der Waals surface area contributed by atoms with E-state index in [9.17, 15) is 19.8 Å². The molecule has 8 heteroatoms. The van der Waals surface area contributed by atoms with Gasteiger partial charge in [-0.3, -0.25) is 0 Å². The second-order valence-electron chi connectivity index (χ2n) is 12.0. The number of hydrogen-bond acceptors (Lipinski definition) is 5. The van der Waals surface area contributed by atoms with E-state index in [1.54, 1.807) is 35.6 Å². The fourth-order valence-corrected chi connectivity index (χ4v) is 7.78. The Morgan fingerprint density at radius 2 is 1.58 bits per heavy atom.